The third-order valence-corrected chi connectivity index (χ3v) is 4.37. The molecule has 0 aliphatic heterocycles. The summed E-state index contributed by atoms with van der Waals surface area (Å²) in [5.74, 6) is 0.544. The van der Waals surface area contributed by atoms with Crippen LogP contribution in [0.4, 0.5) is 0 Å². The van der Waals surface area contributed by atoms with E-state index in [1.165, 1.54) is 0 Å². The second-order valence-corrected chi connectivity index (χ2v) is 6.39. The monoisotopic (exact) mass is 360 g/mol. The highest BCUT2D eigenvalue weighted by Gasteiger charge is 2.13. The zero-order valence-electron chi connectivity index (χ0n) is 15.7. The van der Waals surface area contributed by atoms with Gasteiger partial charge in [-0.15, -0.1) is 10.2 Å². The van der Waals surface area contributed by atoms with E-state index in [1.54, 1.807) is 21.9 Å². The van der Waals surface area contributed by atoms with E-state index in [9.17, 15) is 0 Å². The van der Waals surface area contributed by atoms with Gasteiger partial charge < -0.3 is 0 Å². The molecule has 0 saturated carbocycles. The van der Waals surface area contributed by atoms with Gasteiger partial charge in [0, 0.05) is 11.3 Å². The first-order valence-electron chi connectivity index (χ1n) is 8.64. The molecule has 8 nitrogen and oxygen atoms in total. The number of nitrogens with zero attached hydrogens (tertiary/aromatic N) is 8. The molecule has 0 bridgehead atoms. The molecule has 4 rings (SSSR count). The van der Waals surface area contributed by atoms with E-state index in [4.69, 9.17) is 0 Å². The number of benzene rings is 1. The summed E-state index contributed by atoms with van der Waals surface area (Å²) in [6, 6.07) is 12.0. The number of para-hydroxylation sites is 1. The number of hydrogen-bond donors (Lipinski definition) is 0. The van der Waals surface area contributed by atoms with E-state index in [2.05, 4.69) is 25.5 Å². The van der Waals surface area contributed by atoms with Crippen LogP contribution in [-0.4, -0.2) is 40.6 Å². The minimum atomic E-state index is 0.544. The molecule has 0 aliphatic carbocycles. The van der Waals surface area contributed by atoms with E-state index in [1.807, 2.05) is 68.8 Å². The summed E-state index contributed by atoms with van der Waals surface area (Å²) in [6.45, 7) is 7.92. The van der Waals surface area contributed by atoms with E-state index in [0.29, 0.717) is 5.95 Å². The third kappa shape index (κ3) is 3.05. The number of hydrogen-bond acceptors (Lipinski definition) is 5. The maximum Gasteiger partial charge on any atom is 0.273 e. The summed E-state index contributed by atoms with van der Waals surface area (Å²) < 4.78 is 5.26. The quantitative estimate of drug-likeness (QED) is 0.524. The Balaban J connectivity index is 1.70. The Kier molecular flexibility index (Phi) is 4.15. The summed E-state index contributed by atoms with van der Waals surface area (Å²) in [5, 5.41) is 21.8. The summed E-state index contributed by atoms with van der Waals surface area (Å²) in [5.41, 5.74) is 5.80. The molecule has 0 N–H and O–H groups in total. The third-order valence-electron chi connectivity index (χ3n) is 4.37. The summed E-state index contributed by atoms with van der Waals surface area (Å²) >= 11 is 0. The minimum Gasteiger partial charge on any atom is -0.237 e. The van der Waals surface area contributed by atoms with Gasteiger partial charge in [-0.25, -0.2) is 9.36 Å². The van der Waals surface area contributed by atoms with Crippen molar-refractivity contribution in [1.82, 2.24) is 34.4 Å². The van der Waals surface area contributed by atoms with Gasteiger partial charge in [-0.2, -0.15) is 20.0 Å². The molecule has 0 atom stereocenters. The van der Waals surface area contributed by atoms with E-state index < -0.39 is 0 Å². The van der Waals surface area contributed by atoms with Gasteiger partial charge in [0.25, 0.3) is 5.95 Å². The van der Waals surface area contributed by atoms with Crippen molar-refractivity contribution in [3.8, 4) is 11.6 Å². The van der Waals surface area contributed by atoms with Gasteiger partial charge >= 0.3 is 0 Å². The molecule has 8 heteroatoms. The van der Waals surface area contributed by atoms with Crippen molar-refractivity contribution >= 4 is 6.21 Å². The largest absolute Gasteiger partial charge is 0.273 e. The SMILES string of the molecule is Cc1cc(C)n(-c2nncn2/N=C\c2c(C)nn(-c3ccccc3)c2C)n1. The molecular formula is C19H20N8. The fraction of sp³-hybridized carbons (Fsp3) is 0.211. The first kappa shape index (κ1) is 16.9. The molecule has 0 aliphatic rings. The van der Waals surface area contributed by atoms with Crippen LogP contribution in [0, 0.1) is 27.7 Å². The zero-order chi connectivity index (χ0) is 19.0. The molecule has 4 aromatic rings. The predicted molar refractivity (Wildman–Crippen MR) is 103 cm³/mol. The average Bonchev–Trinajstić information content (AvgIpc) is 3.32. The first-order valence-corrected chi connectivity index (χ1v) is 8.64. The lowest BCUT2D eigenvalue weighted by Gasteiger charge is -2.04. The fourth-order valence-electron chi connectivity index (χ4n) is 3.06. The normalized spacial score (nSPS) is 11.6. The average molecular weight is 360 g/mol. The van der Waals surface area contributed by atoms with Gasteiger partial charge in [-0.05, 0) is 45.9 Å². The van der Waals surface area contributed by atoms with Crippen LogP contribution < -0.4 is 0 Å². The van der Waals surface area contributed by atoms with Crippen LogP contribution in [0.2, 0.25) is 0 Å². The van der Waals surface area contributed by atoms with Crippen molar-refractivity contribution in [3.05, 3.63) is 71.1 Å². The van der Waals surface area contributed by atoms with Gasteiger partial charge in [0.15, 0.2) is 0 Å². The van der Waals surface area contributed by atoms with Crippen molar-refractivity contribution in [2.75, 3.05) is 0 Å². The van der Waals surface area contributed by atoms with E-state index in [-0.39, 0.29) is 0 Å². The molecule has 0 unspecified atom stereocenters. The Morgan fingerprint density at radius 1 is 0.963 bits per heavy atom. The first-order chi connectivity index (χ1) is 13.0. The summed E-state index contributed by atoms with van der Waals surface area (Å²) in [7, 11) is 0. The molecule has 27 heavy (non-hydrogen) atoms. The van der Waals surface area contributed by atoms with Crippen LogP contribution in [0.3, 0.4) is 0 Å². The lowest BCUT2D eigenvalue weighted by Crippen LogP contribution is -2.07. The van der Waals surface area contributed by atoms with Crippen LogP contribution >= 0.6 is 0 Å². The summed E-state index contributed by atoms with van der Waals surface area (Å²) in [4.78, 5) is 0. The molecule has 3 heterocycles. The van der Waals surface area contributed by atoms with E-state index in [0.717, 1.165) is 34.0 Å². The van der Waals surface area contributed by atoms with Crippen molar-refractivity contribution in [3.63, 3.8) is 0 Å². The standard InChI is InChI=1S/C19H20N8/c1-13-10-14(2)26(23-13)19-22-20-12-25(19)21-11-18-15(3)24-27(16(18)4)17-8-6-5-7-9-17/h5-12H,1-4H3/b21-11-. The molecule has 0 radical (unpaired) electrons. The lowest BCUT2D eigenvalue weighted by molar-refractivity contribution is 0.717. The maximum atomic E-state index is 4.65. The number of rotatable bonds is 4. The molecule has 136 valence electrons. The van der Waals surface area contributed by atoms with Crippen LogP contribution in [0.5, 0.6) is 0 Å². The van der Waals surface area contributed by atoms with Crippen LogP contribution in [0.25, 0.3) is 11.6 Å². The Hall–Kier alpha value is -3.55. The number of aryl methyl sites for hydroxylation is 3. The Labute approximate surface area is 156 Å². The van der Waals surface area contributed by atoms with E-state index >= 15 is 0 Å². The van der Waals surface area contributed by atoms with Crippen LogP contribution in [-0.2, 0) is 0 Å². The second-order valence-electron chi connectivity index (χ2n) is 6.39. The maximum absolute atomic E-state index is 4.65. The Morgan fingerprint density at radius 2 is 1.74 bits per heavy atom. The Bertz CT molecular complexity index is 1110. The topological polar surface area (TPSA) is 78.7 Å². The molecule has 0 spiro atoms. The van der Waals surface area contributed by atoms with Gasteiger partial charge in [0.2, 0.25) is 0 Å². The van der Waals surface area contributed by atoms with Crippen molar-refractivity contribution in [1.29, 1.82) is 0 Å². The highest BCUT2D eigenvalue weighted by Crippen LogP contribution is 2.16. The van der Waals surface area contributed by atoms with Crippen LogP contribution in [0.1, 0.15) is 28.3 Å². The van der Waals surface area contributed by atoms with Crippen molar-refractivity contribution in [2.24, 2.45) is 5.10 Å². The molecule has 3 aromatic heterocycles. The highest BCUT2D eigenvalue weighted by molar-refractivity contribution is 5.82. The minimum absolute atomic E-state index is 0.544. The van der Waals surface area contributed by atoms with Gasteiger partial charge in [0.05, 0.1) is 29.0 Å². The van der Waals surface area contributed by atoms with Gasteiger partial charge in [0.1, 0.15) is 6.33 Å². The predicted octanol–water partition coefficient (Wildman–Crippen LogP) is 2.77. The van der Waals surface area contributed by atoms with Gasteiger partial charge in [-0.1, -0.05) is 18.2 Å². The van der Waals surface area contributed by atoms with Crippen molar-refractivity contribution < 1.29 is 0 Å². The smallest absolute Gasteiger partial charge is 0.237 e. The highest BCUT2D eigenvalue weighted by atomic mass is 15.5. The molecule has 0 amide bonds. The molecule has 0 fully saturated rings. The zero-order valence-corrected chi connectivity index (χ0v) is 15.7. The lowest BCUT2D eigenvalue weighted by atomic mass is 10.2. The fourth-order valence-corrected chi connectivity index (χ4v) is 3.06. The Morgan fingerprint density at radius 3 is 2.44 bits per heavy atom. The summed E-state index contributed by atoms with van der Waals surface area (Å²) in [6.07, 6.45) is 3.35. The number of aromatic nitrogens is 7. The van der Waals surface area contributed by atoms with Crippen molar-refractivity contribution in [2.45, 2.75) is 27.7 Å². The second kappa shape index (κ2) is 6.64. The van der Waals surface area contributed by atoms with Gasteiger partial charge in [-0.3, -0.25) is 0 Å². The molecule has 1 aromatic carbocycles. The van der Waals surface area contributed by atoms with Crippen LogP contribution in [0.15, 0.2) is 47.8 Å². The molecular weight excluding hydrogens is 340 g/mol. The molecule has 0 saturated heterocycles.